The fourth-order valence-electron chi connectivity index (χ4n) is 3.85. The quantitative estimate of drug-likeness (QED) is 0.675. The fourth-order valence-corrected chi connectivity index (χ4v) is 3.85. The number of pyridine rings is 2. The third-order valence-corrected chi connectivity index (χ3v) is 5.83. The minimum atomic E-state index is -0.287. The molecule has 1 aliphatic carbocycles. The van der Waals surface area contributed by atoms with Gasteiger partial charge in [-0.15, -0.1) is 0 Å². The second-order valence-corrected chi connectivity index (χ2v) is 8.37. The number of carbonyl (C=O) groups is 3. The molecule has 0 spiro atoms. The van der Waals surface area contributed by atoms with E-state index in [0.717, 1.165) is 42.4 Å². The van der Waals surface area contributed by atoms with Gasteiger partial charge in [0.15, 0.2) is 0 Å². The van der Waals surface area contributed by atoms with E-state index < -0.39 is 0 Å². The molecule has 0 aromatic carbocycles. The standard InChI is InChI=1S/C24H27N5O3/c1-16-5-9-20(25-12-16)17-6-10-21(26-13-17)27-22(31)14-29-11-3-4-18(15-30)23(29)24(32)28(2)19-7-8-19/h5-6,9-10,12-13,15,19H,3-4,7-8,11,14H2,1-2H3,(H,26,27,31). The van der Waals surface area contributed by atoms with Crippen molar-refractivity contribution < 1.29 is 14.4 Å². The van der Waals surface area contributed by atoms with Gasteiger partial charge in [-0.05, 0) is 56.4 Å². The number of nitrogens with one attached hydrogen (secondary N) is 1. The average Bonchev–Trinajstić information content (AvgIpc) is 3.64. The molecule has 4 rings (SSSR count). The predicted molar refractivity (Wildman–Crippen MR) is 121 cm³/mol. The number of allylic oxidation sites excluding steroid dienone is 1. The normalized spacial score (nSPS) is 16.0. The molecule has 1 aliphatic heterocycles. The SMILES string of the molecule is Cc1ccc(-c2ccc(NC(=O)CN3CCCC(C=O)=C3C(=O)N(C)C3CC3)nc2)nc1. The largest absolute Gasteiger partial charge is 0.357 e. The van der Waals surface area contributed by atoms with E-state index in [0.29, 0.717) is 30.1 Å². The fraction of sp³-hybridized carbons (Fsp3) is 0.375. The van der Waals surface area contributed by atoms with Crippen LogP contribution in [0.4, 0.5) is 5.82 Å². The first-order valence-electron chi connectivity index (χ1n) is 10.9. The van der Waals surface area contributed by atoms with E-state index in [1.807, 2.05) is 25.1 Å². The number of nitrogens with zero attached hydrogens (tertiary/aromatic N) is 4. The molecular weight excluding hydrogens is 406 g/mol. The second-order valence-electron chi connectivity index (χ2n) is 8.37. The molecule has 0 radical (unpaired) electrons. The topological polar surface area (TPSA) is 95.5 Å². The van der Waals surface area contributed by atoms with Crippen LogP contribution in [0.1, 0.15) is 31.2 Å². The van der Waals surface area contributed by atoms with Gasteiger partial charge in [0.2, 0.25) is 5.91 Å². The molecular formula is C24H27N5O3. The first kappa shape index (κ1) is 21.7. The Morgan fingerprint density at radius 1 is 1.19 bits per heavy atom. The van der Waals surface area contributed by atoms with Crippen molar-refractivity contribution in [2.45, 2.75) is 38.6 Å². The highest BCUT2D eigenvalue weighted by atomic mass is 16.2. The first-order valence-corrected chi connectivity index (χ1v) is 10.9. The van der Waals surface area contributed by atoms with Gasteiger partial charge in [-0.1, -0.05) is 6.07 Å². The molecule has 166 valence electrons. The molecule has 8 heteroatoms. The lowest BCUT2D eigenvalue weighted by Crippen LogP contribution is -2.43. The van der Waals surface area contributed by atoms with Gasteiger partial charge in [0.05, 0.1) is 12.2 Å². The summed E-state index contributed by atoms with van der Waals surface area (Å²) in [7, 11) is 1.76. The van der Waals surface area contributed by atoms with Crippen LogP contribution < -0.4 is 5.32 Å². The Hall–Kier alpha value is -3.55. The van der Waals surface area contributed by atoms with Crippen molar-refractivity contribution in [3.63, 3.8) is 0 Å². The molecule has 0 unspecified atom stereocenters. The predicted octanol–water partition coefficient (Wildman–Crippen LogP) is 2.56. The van der Waals surface area contributed by atoms with E-state index in [1.165, 1.54) is 0 Å². The monoisotopic (exact) mass is 433 g/mol. The summed E-state index contributed by atoms with van der Waals surface area (Å²) in [5.74, 6) is -0.0501. The number of amides is 2. The third kappa shape index (κ3) is 4.85. The zero-order valence-corrected chi connectivity index (χ0v) is 18.4. The van der Waals surface area contributed by atoms with Crippen molar-refractivity contribution in [2.75, 3.05) is 25.5 Å². The number of likely N-dealkylation sites (N-methyl/N-ethyl adjacent to an activating group) is 1. The molecule has 3 heterocycles. The number of carbonyl (C=O) groups excluding carboxylic acids is 3. The Morgan fingerprint density at radius 2 is 2.00 bits per heavy atom. The third-order valence-electron chi connectivity index (χ3n) is 5.83. The van der Waals surface area contributed by atoms with Crippen LogP contribution in [0.5, 0.6) is 0 Å². The molecule has 2 aromatic rings. The minimum absolute atomic E-state index is 0.0140. The number of aldehydes is 1. The number of rotatable bonds is 7. The van der Waals surface area contributed by atoms with Gasteiger partial charge in [-0.3, -0.25) is 19.4 Å². The molecule has 8 nitrogen and oxygen atoms in total. The molecule has 1 N–H and O–H groups in total. The van der Waals surface area contributed by atoms with E-state index in [-0.39, 0.29) is 24.4 Å². The molecule has 32 heavy (non-hydrogen) atoms. The van der Waals surface area contributed by atoms with E-state index in [1.54, 1.807) is 35.3 Å². The van der Waals surface area contributed by atoms with Gasteiger partial charge in [-0.2, -0.15) is 0 Å². The van der Waals surface area contributed by atoms with Crippen molar-refractivity contribution in [2.24, 2.45) is 0 Å². The average molecular weight is 434 g/mol. The van der Waals surface area contributed by atoms with Crippen LogP contribution in [0.2, 0.25) is 0 Å². The summed E-state index contributed by atoms with van der Waals surface area (Å²) in [6, 6.07) is 7.72. The number of aromatic nitrogens is 2. The molecule has 0 bridgehead atoms. The highest BCUT2D eigenvalue weighted by Gasteiger charge is 2.35. The molecule has 0 atom stereocenters. The maximum absolute atomic E-state index is 13.0. The number of hydrogen-bond donors (Lipinski definition) is 1. The summed E-state index contributed by atoms with van der Waals surface area (Å²) in [6.45, 7) is 2.52. The van der Waals surface area contributed by atoms with E-state index >= 15 is 0 Å². The van der Waals surface area contributed by atoms with Crippen molar-refractivity contribution >= 4 is 23.9 Å². The first-order chi connectivity index (χ1) is 15.5. The highest BCUT2D eigenvalue weighted by molar-refractivity contribution is 6.00. The number of hydrogen-bond acceptors (Lipinski definition) is 6. The molecule has 1 fully saturated rings. The highest BCUT2D eigenvalue weighted by Crippen LogP contribution is 2.29. The van der Waals surface area contributed by atoms with Gasteiger partial charge >= 0.3 is 0 Å². The van der Waals surface area contributed by atoms with Crippen LogP contribution in [-0.2, 0) is 14.4 Å². The summed E-state index contributed by atoms with van der Waals surface area (Å²) in [5, 5.41) is 2.79. The van der Waals surface area contributed by atoms with Crippen molar-refractivity contribution in [3.05, 3.63) is 53.5 Å². The summed E-state index contributed by atoms with van der Waals surface area (Å²) in [4.78, 5) is 49.4. The van der Waals surface area contributed by atoms with Crippen LogP contribution in [0.3, 0.4) is 0 Å². The zero-order valence-electron chi connectivity index (χ0n) is 18.4. The van der Waals surface area contributed by atoms with Gasteiger partial charge in [0.25, 0.3) is 5.91 Å². The van der Waals surface area contributed by atoms with E-state index in [9.17, 15) is 14.4 Å². The summed E-state index contributed by atoms with van der Waals surface area (Å²) >= 11 is 0. The zero-order chi connectivity index (χ0) is 22.7. The van der Waals surface area contributed by atoms with E-state index in [2.05, 4.69) is 15.3 Å². The Kier molecular flexibility index (Phi) is 6.30. The van der Waals surface area contributed by atoms with Crippen LogP contribution in [-0.4, -0.2) is 64.0 Å². The van der Waals surface area contributed by atoms with Gasteiger partial charge < -0.3 is 15.1 Å². The summed E-state index contributed by atoms with van der Waals surface area (Å²) in [6.07, 6.45) is 7.44. The van der Waals surface area contributed by atoms with Crippen LogP contribution in [0.15, 0.2) is 47.9 Å². The van der Waals surface area contributed by atoms with Crippen molar-refractivity contribution in [1.29, 1.82) is 0 Å². The maximum atomic E-state index is 13.0. The lowest BCUT2D eigenvalue weighted by atomic mass is 10.0. The molecule has 2 aromatic heterocycles. The summed E-state index contributed by atoms with van der Waals surface area (Å²) < 4.78 is 0. The number of aryl methyl sites for hydroxylation is 1. The van der Waals surface area contributed by atoms with Crippen LogP contribution >= 0.6 is 0 Å². The lowest BCUT2D eigenvalue weighted by Gasteiger charge is -2.33. The Labute approximate surface area is 187 Å². The van der Waals surface area contributed by atoms with Crippen LogP contribution in [0.25, 0.3) is 11.3 Å². The number of anilines is 1. The minimum Gasteiger partial charge on any atom is -0.357 e. The van der Waals surface area contributed by atoms with E-state index in [4.69, 9.17) is 0 Å². The van der Waals surface area contributed by atoms with Crippen LogP contribution in [0, 0.1) is 6.92 Å². The Balaban J connectivity index is 1.43. The second kappa shape index (κ2) is 9.30. The summed E-state index contributed by atoms with van der Waals surface area (Å²) in [5.41, 5.74) is 3.56. The van der Waals surface area contributed by atoms with Crippen molar-refractivity contribution in [3.8, 4) is 11.3 Å². The van der Waals surface area contributed by atoms with Gasteiger partial charge in [0, 0.05) is 43.2 Å². The van der Waals surface area contributed by atoms with Gasteiger partial charge in [-0.25, -0.2) is 4.98 Å². The maximum Gasteiger partial charge on any atom is 0.270 e. The molecule has 0 saturated heterocycles. The smallest absolute Gasteiger partial charge is 0.270 e. The lowest BCUT2D eigenvalue weighted by molar-refractivity contribution is -0.129. The van der Waals surface area contributed by atoms with Gasteiger partial charge in [0.1, 0.15) is 17.8 Å². The Bertz CT molecular complexity index is 1040. The Morgan fingerprint density at radius 3 is 2.62 bits per heavy atom. The molecule has 2 aliphatic rings. The molecule has 2 amide bonds. The molecule has 1 saturated carbocycles. The van der Waals surface area contributed by atoms with Crippen molar-refractivity contribution in [1.82, 2.24) is 19.8 Å².